The molecule has 1 amide bonds. The molecule has 0 aliphatic heterocycles. The summed E-state index contributed by atoms with van der Waals surface area (Å²) in [5.41, 5.74) is 1.73. The standard InChI is InChI=1S/C16H15N3O2/c1-12-5-7-13(8-6-12)19(11-3-9-17)16(21)15-14(20)4-2-10-18-15/h2,4-8,10,20H,3,11H2,1H3. The molecule has 21 heavy (non-hydrogen) atoms. The van der Waals surface area contributed by atoms with Gasteiger partial charge in [-0.3, -0.25) is 4.79 Å². The molecule has 106 valence electrons. The number of nitriles is 1. The lowest BCUT2D eigenvalue weighted by Gasteiger charge is -2.21. The first-order valence-electron chi connectivity index (χ1n) is 6.53. The molecule has 0 aliphatic carbocycles. The summed E-state index contributed by atoms with van der Waals surface area (Å²) in [4.78, 5) is 17.9. The molecule has 1 N–H and O–H groups in total. The average molecular weight is 281 g/mol. The number of aromatic nitrogens is 1. The summed E-state index contributed by atoms with van der Waals surface area (Å²) in [7, 11) is 0. The molecular weight excluding hydrogens is 266 g/mol. The van der Waals surface area contributed by atoms with Crippen LogP contribution in [0.1, 0.15) is 22.5 Å². The summed E-state index contributed by atoms with van der Waals surface area (Å²) in [6.07, 6.45) is 1.65. The summed E-state index contributed by atoms with van der Waals surface area (Å²) in [5.74, 6) is -0.594. The molecule has 0 unspecified atom stereocenters. The highest BCUT2D eigenvalue weighted by Crippen LogP contribution is 2.21. The van der Waals surface area contributed by atoms with Crippen LogP contribution < -0.4 is 4.90 Å². The van der Waals surface area contributed by atoms with Crippen molar-refractivity contribution in [1.29, 1.82) is 5.26 Å². The van der Waals surface area contributed by atoms with E-state index in [-0.39, 0.29) is 24.4 Å². The Hall–Kier alpha value is -2.87. The van der Waals surface area contributed by atoms with E-state index in [2.05, 4.69) is 4.98 Å². The number of aryl methyl sites for hydroxylation is 1. The third-order valence-corrected chi connectivity index (χ3v) is 3.03. The van der Waals surface area contributed by atoms with Gasteiger partial charge in [-0.15, -0.1) is 0 Å². The topological polar surface area (TPSA) is 77.2 Å². The maximum absolute atomic E-state index is 12.6. The van der Waals surface area contributed by atoms with Crippen LogP contribution in [0.15, 0.2) is 42.6 Å². The lowest BCUT2D eigenvalue weighted by atomic mass is 10.2. The van der Waals surface area contributed by atoms with Crippen molar-refractivity contribution in [2.75, 3.05) is 11.4 Å². The number of hydrogen-bond donors (Lipinski definition) is 1. The Morgan fingerprint density at radius 3 is 2.67 bits per heavy atom. The van der Waals surface area contributed by atoms with Crippen molar-refractivity contribution in [3.05, 3.63) is 53.9 Å². The van der Waals surface area contributed by atoms with Gasteiger partial charge in [-0.25, -0.2) is 4.98 Å². The van der Waals surface area contributed by atoms with Crippen LogP contribution in [0.25, 0.3) is 0 Å². The molecule has 5 heteroatoms. The largest absolute Gasteiger partial charge is 0.505 e. The second-order valence-corrected chi connectivity index (χ2v) is 4.57. The monoisotopic (exact) mass is 281 g/mol. The highest BCUT2D eigenvalue weighted by molar-refractivity contribution is 6.06. The number of pyridine rings is 1. The Morgan fingerprint density at radius 2 is 2.05 bits per heavy atom. The molecule has 0 spiro atoms. The molecule has 1 aromatic carbocycles. The maximum atomic E-state index is 12.6. The molecule has 0 bridgehead atoms. The van der Waals surface area contributed by atoms with Crippen LogP contribution >= 0.6 is 0 Å². The van der Waals surface area contributed by atoms with E-state index in [4.69, 9.17) is 5.26 Å². The molecule has 5 nitrogen and oxygen atoms in total. The van der Waals surface area contributed by atoms with E-state index >= 15 is 0 Å². The lowest BCUT2D eigenvalue weighted by molar-refractivity contribution is 0.0980. The van der Waals surface area contributed by atoms with Gasteiger partial charge in [0, 0.05) is 18.4 Å². The minimum Gasteiger partial charge on any atom is -0.505 e. The van der Waals surface area contributed by atoms with Gasteiger partial charge in [-0.2, -0.15) is 5.26 Å². The van der Waals surface area contributed by atoms with Gasteiger partial charge in [0.15, 0.2) is 5.69 Å². The quantitative estimate of drug-likeness (QED) is 0.934. The second kappa shape index (κ2) is 6.53. The number of nitrogens with zero attached hydrogens (tertiary/aromatic N) is 3. The Labute approximate surface area is 123 Å². The van der Waals surface area contributed by atoms with Crippen LogP contribution in [0.2, 0.25) is 0 Å². The SMILES string of the molecule is Cc1ccc(N(CCC#N)C(=O)c2ncccc2O)cc1. The van der Waals surface area contributed by atoms with Crippen LogP contribution in [0.5, 0.6) is 5.75 Å². The third-order valence-electron chi connectivity index (χ3n) is 3.03. The van der Waals surface area contributed by atoms with E-state index in [1.807, 2.05) is 37.3 Å². The van der Waals surface area contributed by atoms with Crippen LogP contribution in [0.4, 0.5) is 5.69 Å². The van der Waals surface area contributed by atoms with Crippen molar-refractivity contribution >= 4 is 11.6 Å². The zero-order valence-electron chi connectivity index (χ0n) is 11.7. The highest BCUT2D eigenvalue weighted by atomic mass is 16.3. The van der Waals surface area contributed by atoms with Crippen molar-refractivity contribution in [3.63, 3.8) is 0 Å². The van der Waals surface area contributed by atoms with Crippen LogP contribution in [-0.4, -0.2) is 22.5 Å². The molecule has 1 heterocycles. The summed E-state index contributed by atoms with van der Waals surface area (Å²) >= 11 is 0. The number of benzene rings is 1. The Morgan fingerprint density at radius 1 is 1.33 bits per heavy atom. The average Bonchev–Trinajstić information content (AvgIpc) is 2.49. The maximum Gasteiger partial charge on any atom is 0.280 e. The van der Waals surface area contributed by atoms with E-state index in [0.29, 0.717) is 5.69 Å². The Balaban J connectivity index is 2.36. The molecule has 0 aliphatic rings. The zero-order valence-corrected chi connectivity index (χ0v) is 11.7. The fourth-order valence-electron chi connectivity index (χ4n) is 1.92. The first kappa shape index (κ1) is 14.5. The van der Waals surface area contributed by atoms with E-state index in [1.165, 1.54) is 17.2 Å². The smallest absolute Gasteiger partial charge is 0.280 e. The summed E-state index contributed by atoms with van der Waals surface area (Å²) in [6, 6.07) is 12.4. The number of amides is 1. The fourth-order valence-corrected chi connectivity index (χ4v) is 1.92. The van der Waals surface area contributed by atoms with E-state index in [0.717, 1.165) is 5.56 Å². The minimum absolute atomic E-state index is 0.0176. The van der Waals surface area contributed by atoms with Gasteiger partial charge in [-0.05, 0) is 31.2 Å². The molecular formula is C16H15N3O2. The third kappa shape index (κ3) is 3.37. The van der Waals surface area contributed by atoms with Gasteiger partial charge < -0.3 is 10.0 Å². The molecule has 0 atom stereocenters. The normalized spacial score (nSPS) is 9.90. The number of anilines is 1. The summed E-state index contributed by atoms with van der Waals surface area (Å²) in [5, 5.41) is 18.5. The van der Waals surface area contributed by atoms with Crippen molar-refractivity contribution in [2.24, 2.45) is 0 Å². The lowest BCUT2D eigenvalue weighted by Crippen LogP contribution is -2.32. The molecule has 2 aromatic rings. The van der Waals surface area contributed by atoms with Crippen LogP contribution in [0, 0.1) is 18.3 Å². The van der Waals surface area contributed by atoms with E-state index in [1.54, 1.807) is 6.07 Å². The number of aromatic hydroxyl groups is 1. The van der Waals surface area contributed by atoms with Gasteiger partial charge in [0.2, 0.25) is 0 Å². The molecule has 0 saturated carbocycles. The molecule has 0 saturated heterocycles. The Kier molecular flexibility index (Phi) is 4.52. The first-order valence-corrected chi connectivity index (χ1v) is 6.53. The van der Waals surface area contributed by atoms with Gasteiger partial charge in [0.1, 0.15) is 5.75 Å². The number of rotatable bonds is 4. The van der Waals surface area contributed by atoms with Gasteiger partial charge in [0.05, 0.1) is 12.5 Å². The van der Waals surface area contributed by atoms with Crippen molar-refractivity contribution < 1.29 is 9.90 Å². The molecule has 1 aromatic heterocycles. The first-order chi connectivity index (χ1) is 10.1. The predicted molar refractivity (Wildman–Crippen MR) is 79.0 cm³/mol. The highest BCUT2D eigenvalue weighted by Gasteiger charge is 2.21. The minimum atomic E-state index is -0.424. The zero-order chi connectivity index (χ0) is 15.2. The van der Waals surface area contributed by atoms with E-state index < -0.39 is 5.91 Å². The number of carbonyl (C=O) groups is 1. The van der Waals surface area contributed by atoms with Crippen LogP contribution in [0.3, 0.4) is 0 Å². The predicted octanol–water partition coefficient (Wildman–Crippen LogP) is 2.66. The molecule has 0 fully saturated rings. The number of hydrogen-bond acceptors (Lipinski definition) is 4. The molecule has 0 radical (unpaired) electrons. The second-order valence-electron chi connectivity index (χ2n) is 4.57. The summed E-state index contributed by atoms with van der Waals surface area (Å²) < 4.78 is 0. The van der Waals surface area contributed by atoms with Crippen molar-refractivity contribution in [3.8, 4) is 11.8 Å². The van der Waals surface area contributed by atoms with Gasteiger partial charge >= 0.3 is 0 Å². The van der Waals surface area contributed by atoms with Crippen molar-refractivity contribution in [2.45, 2.75) is 13.3 Å². The summed E-state index contributed by atoms with van der Waals surface area (Å²) in [6.45, 7) is 2.20. The molecule has 2 rings (SSSR count). The van der Waals surface area contributed by atoms with E-state index in [9.17, 15) is 9.90 Å². The number of carbonyl (C=O) groups excluding carboxylic acids is 1. The fraction of sp³-hybridized carbons (Fsp3) is 0.188. The van der Waals surface area contributed by atoms with Crippen molar-refractivity contribution in [1.82, 2.24) is 4.98 Å². The van der Waals surface area contributed by atoms with Crippen LogP contribution in [-0.2, 0) is 0 Å². The Bertz CT molecular complexity index is 675. The van der Waals surface area contributed by atoms with Gasteiger partial charge in [0.25, 0.3) is 5.91 Å². The van der Waals surface area contributed by atoms with Gasteiger partial charge in [-0.1, -0.05) is 17.7 Å².